The van der Waals surface area contributed by atoms with Gasteiger partial charge in [0.25, 0.3) is 0 Å². The number of benzene rings is 1. The van der Waals surface area contributed by atoms with Crippen molar-refractivity contribution in [1.82, 2.24) is 9.78 Å². The Kier molecular flexibility index (Phi) is 3.97. The van der Waals surface area contributed by atoms with Gasteiger partial charge in [0.05, 0.1) is 5.69 Å². The summed E-state index contributed by atoms with van der Waals surface area (Å²) in [5.41, 5.74) is 2.90. The highest BCUT2D eigenvalue weighted by atomic mass is 79.9. The van der Waals surface area contributed by atoms with Gasteiger partial charge in [-0.15, -0.1) is 0 Å². The van der Waals surface area contributed by atoms with Crippen LogP contribution in [0.4, 0.5) is 0 Å². The highest BCUT2D eigenvalue weighted by Gasteiger charge is 2.13. The molecule has 0 atom stereocenters. The molecule has 1 aromatic carbocycles. The van der Waals surface area contributed by atoms with Crippen LogP contribution in [0.25, 0.3) is 0 Å². The molecule has 2 rings (SSSR count). The molecule has 0 aliphatic heterocycles. The number of rotatable bonds is 3. The summed E-state index contributed by atoms with van der Waals surface area (Å²) in [6.45, 7) is 3.92. The Hall–Kier alpha value is -1.000. The summed E-state index contributed by atoms with van der Waals surface area (Å²) in [6, 6.07) is 5.60. The number of ether oxygens (including phenoxy) is 1. The standard InChI is InChI=1S/C13H14BrClN2O/c1-8-13(9(2)17(3)16-8)18-12-5-4-11(15)6-10(12)7-14/h4-6H,7H2,1-3H3. The highest BCUT2D eigenvalue weighted by molar-refractivity contribution is 9.08. The lowest BCUT2D eigenvalue weighted by molar-refractivity contribution is 0.470. The molecule has 0 aliphatic carbocycles. The first kappa shape index (κ1) is 13.4. The summed E-state index contributed by atoms with van der Waals surface area (Å²) in [4.78, 5) is 0. The molecule has 0 spiro atoms. The van der Waals surface area contributed by atoms with Crippen molar-refractivity contribution in [3.05, 3.63) is 40.2 Å². The molecular weight excluding hydrogens is 316 g/mol. The lowest BCUT2D eigenvalue weighted by Gasteiger charge is -2.10. The number of hydrogen-bond acceptors (Lipinski definition) is 2. The Morgan fingerprint density at radius 3 is 2.67 bits per heavy atom. The van der Waals surface area contributed by atoms with Crippen LogP contribution in [0, 0.1) is 13.8 Å². The van der Waals surface area contributed by atoms with Gasteiger partial charge in [-0.2, -0.15) is 5.10 Å². The number of alkyl halides is 1. The molecule has 96 valence electrons. The van der Waals surface area contributed by atoms with E-state index in [9.17, 15) is 0 Å². The molecule has 0 amide bonds. The van der Waals surface area contributed by atoms with Gasteiger partial charge in [-0.25, -0.2) is 0 Å². The molecule has 5 heteroatoms. The summed E-state index contributed by atoms with van der Waals surface area (Å²) in [6.07, 6.45) is 0. The molecule has 0 saturated heterocycles. The predicted molar refractivity (Wildman–Crippen MR) is 76.8 cm³/mol. The molecule has 0 fully saturated rings. The normalized spacial score (nSPS) is 10.7. The smallest absolute Gasteiger partial charge is 0.171 e. The maximum Gasteiger partial charge on any atom is 0.171 e. The summed E-state index contributed by atoms with van der Waals surface area (Å²) >= 11 is 9.41. The van der Waals surface area contributed by atoms with Gasteiger partial charge >= 0.3 is 0 Å². The van der Waals surface area contributed by atoms with Gasteiger partial charge < -0.3 is 4.74 Å². The topological polar surface area (TPSA) is 27.1 Å². The van der Waals surface area contributed by atoms with E-state index in [4.69, 9.17) is 16.3 Å². The Bertz CT molecular complexity index is 581. The van der Waals surface area contributed by atoms with Gasteiger partial charge in [0.15, 0.2) is 5.75 Å². The average Bonchev–Trinajstić information content (AvgIpc) is 2.58. The van der Waals surface area contributed by atoms with Crippen molar-refractivity contribution in [2.45, 2.75) is 19.2 Å². The molecule has 1 heterocycles. The fourth-order valence-corrected chi connectivity index (χ4v) is 2.40. The minimum Gasteiger partial charge on any atom is -0.453 e. The van der Waals surface area contributed by atoms with Gasteiger partial charge in [-0.3, -0.25) is 4.68 Å². The molecule has 0 bridgehead atoms. The summed E-state index contributed by atoms with van der Waals surface area (Å²) in [5.74, 6) is 1.61. The number of aryl methyl sites for hydroxylation is 2. The van der Waals surface area contributed by atoms with E-state index in [1.807, 2.05) is 43.8 Å². The van der Waals surface area contributed by atoms with E-state index in [1.165, 1.54) is 0 Å². The fraction of sp³-hybridized carbons (Fsp3) is 0.308. The number of nitrogens with zero attached hydrogens (tertiary/aromatic N) is 2. The van der Waals surface area contributed by atoms with E-state index in [1.54, 1.807) is 0 Å². The first-order valence-electron chi connectivity index (χ1n) is 5.55. The van der Waals surface area contributed by atoms with Crippen molar-refractivity contribution in [1.29, 1.82) is 0 Å². The SMILES string of the molecule is Cc1nn(C)c(C)c1Oc1ccc(Cl)cc1CBr. The summed E-state index contributed by atoms with van der Waals surface area (Å²) < 4.78 is 7.78. The minimum absolute atomic E-state index is 0.696. The van der Waals surface area contributed by atoms with Crippen LogP contribution in [-0.2, 0) is 12.4 Å². The lowest BCUT2D eigenvalue weighted by atomic mass is 10.2. The molecule has 1 aromatic heterocycles. The average molecular weight is 330 g/mol. The van der Waals surface area contributed by atoms with E-state index >= 15 is 0 Å². The Morgan fingerprint density at radius 2 is 2.11 bits per heavy atom. The van der Waals surface area contributed by atoms with Gasteiger partial charge in [0.1, 0.15) is 11.4 Å². The van der Waals surface area contributed by atoms with Crippen molar-refractivity contribution < 1.29 is 4.74 Å². The third-order valence-electron chi connectivity index (χ3n) is 2.82. The molecule has 0 unspecified atom stereocenters. The van der Waals surface area contributed by atoms with Crippen LogP contribution in [-0.4, -0.2) is 9.78 Å². The van der Waals surface area contributed by atoms with E-state index in [-0.39, 0.29) is 0 Å². The zero-order chi connectivity index (χ0) is 13.3. The molecule has 18 heavy (non-hydrogen) atoms. The van der Waals surface area contributed by atoms with Crippen molar-refractivity contribution in [2.75, 3.05) is 0 Å². The van der Waals surface area contributed by atoms with Crippen molar-refractivity contribution in [3.63, 3.8) is 0 Å². The van der Waals surface area contributed by atoms with Crippen LogP contribution in [0.1, 0.15) is 17.0 Å². The fourth-order valence-electron chi connectivity index (χ4n) is 1.76. The molecule has 0 N–H and O–H groups in total. The minimum atomic E-state index is 0.696. The van der Waals surface area contributed by atoms with Crippen LogP contribution >= 0.6 is 27.5 Å². The molecule has 0 aliphatic rings. The van der Waals surface area contributed by atoms with E-state index < -0.39 is 0 Å². The molecule has 0 saturated carbocycles. The second kappa shape index (κ2) is 5.33. The van der Waals surface area contributed by atoms with Gasteiger partial charge in [0, 0.05) is 23.0 Å². The zero-order valence-electron chi connectivity index (χ0n) is 10.5. The van der Waals surface area contributed by atoms with Crippen molar-refractivity contribution in [3.8, 4) is 11.5 Å². The van der Waals surface area contributed by atoms with Gasteiger partial charge in [0.2, 0.25) is 0 Å². The predicted octanol–water partition coefficient (Wildman–Crippen LogP) is 4.38. The second-order valence-corrected chi connectivity index (χ2v) is 5.11. The quantitative estimate of drug-likeness (QED) is 0.782. The number of hydrogen-bond donors (Lipinski definition) is 0. The van der Waals surface area contributed by atoms with Crippen LogP contribution in [0.15, 0.2) is 18.2 Å². The van der Waals surface area contributed by atoms with E-state index in [2.05, 4.69) is 21.0 Å². The summed E-state index contributed by atoms with van der Waals surface area (Å²) in [7, 11) is 1.91. The Balaban J connectivity index is 2.39. The van der Waals surface area contributed by atoms with Crippen LogP contribution in [0.3, 0.4) is 0 Å². The monoisotopic (exact) mass is 328 g/mol. The van der Waals surface area contributed by atoms with Crippen LogP contribution in [0.5, 0.6) is 11.5 Å². The van der Waals surface area contributed by atoms with Gasteiger partial charge in [-0.1, -0.05) is 27.5 Å². The zero-order valence-corrected chi connectivity index (χ0v) is 12.8. The first-order chi connectivity index (χ1) is 8.52. The third-order valence-corrected chi connectivity index (χ3v) is 3.66. The Morgan fingerprint density at radius 1 is 1.39 bits per heavy atom. The molecular formula is C13H14BrClN2O. The van der Waals surface area contributed by atoms with E-state index in [0.29, 0.717) is 10.4 Å². The molecule has 3 nitrogen and oxygen atoms in total. The van der Waals surface area contributed by atoms with Crippen molar-refractivity contribution in [2.24, 2.45) is 7.05 Å². The van der Waals surface area contributed by atoms with E-state index in [0.717, 1.165) is 28.5 Å². The maximum absolute atomic E-state index is 5.97. The van der Waals surface area contributed by atoms with Crippen molar-refractivity contribution >= 4 is 27.5 Å². The van der Waals surface area contributed by atoms with Crippen LogP contribution in [0.2, 0.25) is 5.02 Å². The first-order valence-corrected chi connectivity index (χ1v) is 7.05. The lowest BCUT2D eigenvalue weighted by Crippen LogP contribution is -1.94. The van der Waals surface area contributed by atoms with Gasteiger partial charge in [-0.05, 0) is 32.0 Å². The summed E-state index contributed by atoms with van der Waals surface area (Å²) in [5, 5.41) is 5.73. The third kappa shape index (κ3) is 2.54. The number of halogens is 2. The molecule has 0 radical (unpaired) electrons. The molecule has 2 aromatic rings. The second-order valence-electron chi connectivity index (χ2n) is 4.11. The van der Waals surface area contributed by atoms with Crippen LogP contribution < -0.4 is 4.74 Å². The maximum atomic E-state index is 5.97. The Labute approximate surface area is 120 Å². The highest BCUT2D eigenvalue weighted by Crippen LogP contribution is 2.32. The number of aromatic nitrogens is 2. The largest absolute Gasteiger partial charge is 0.453 e.